The molecule has 0 aliphatic carbocycles. The van der Waals surface area contributed by atoms with Gasteiger partial charge >= 0.3 is 0 Å². The van der Waals surface area contributed by atoms with Gasteiger partial charge in [0.1, 0.15) is 0 Å². The van der Waals surface area contributed by atoms with E-state index in [1.165, 1.54) is 11.3 Å². The molecule has 0 saturated heterocycles. The maximum Gasteiger partial charge on any atom is 0.261 e. The third-order valence-electron chi connectivity index (χ3n) is 1.98. The molecule has 0 radical (unpaired) electrons. The number of thiophene rings is 1. The average molecular weight is 266 g/mol. The molecule has 1 aromatic rings. The number of hydrogen-bond acceptors (Lipinski definition) is 2. The predicted molar refractivity (Wildman–Crippen MR) is 66.2 cm³/mol. The smallest absolute Gasteiger partial charge is 0.261 e. The number of halogens is 2. The lowest BCUT2D eigenvalue weighted by Crippen LogP contribution is -2.25. The Morgan fingerprint density at radius 2 is 2.33 bits per heavy atom. The van der Waals surface area contributed by atoms with Crippen molar-refractivity contribution >= 4 is 40.4 Å². The van der Waals surface area contributed by atoms with E-state index in [1.54, 1.807) is 12.1 Å². The van der Waals surface area contributed by atoms with E-state index in [0.717, 1.165) is 12.8 Å². The Morgan fingerprint density at radius 1 is 1.60 bits per heavy atom. The van der Waals surface area contributed by atoms with E-state index in [4.69, 9.17) is 23.2 Å². The molecule has 1 rings (SSSR count). The van der Waals surface area contributed by atoms with Gasteiger partial charge in [0, 0.05) is 11.9 Å². The van der Waals surface area contributed by atoms with Gasteiger partial charge in [0.25, 0.3) is 5.91 Å². The molecule has 0 saturated carbocycles. The van der Waals surface area contributed by atoms with Crippen LogP contribution in [-0.2, 0) is 0 Å². The third-order valence-corrected chi connectivity index (χ3v) is 3.74. The Balaban J connectivity index is 2.31. The van der Waals surface area contributed by atoms with Crippen LogP contribution in [0.2, 0.25) is 4.34 Å². The fourth-order valence-electron chi connectivity index (χ4n) is 1.07. The van der Waals surface area contributed by atoms with Crippen LogP contribution in [0.4, 0.5) is 0 Å². The zero-order valence-electron chi connectivity index (χ0n) is 8.43. The van der Waals surface area contributed by atoms with Gasteiger partial charge in [-0.05, 0) is 25.0 Å². The predicted octanol–water partition coefficient (Wildman–Crippen LogP) is 3.54. The highest BCUT2D eigenvalue weighted by molar-refractivity contribution is 7.17. The Kier molecular flexibility index (Phi) is 5.43. The van der Waals surface area contributed by atoms with E-state index < -0.39 is 0 Å². The van der Waals surface area contributed by atoms with Gasteiger partial charge in [-0.3, -0.25) is 4.79 Å². The van der Waals surface area contributed by atoms with Gasteiger partial charge in [-0.15, -0.1) is 22.9 Å². The van der Waals surface area contributed by atoms with Crippen molar-refractivity contribution in [1.82, 2.24) is 5.32 Å². The molecule has 15 heavy (non-hydrogen) atoms. The van der Waals surface area contributed by atoms with E-state index in [-0.39, 0.29) is 11.3 Å². The summed E-state index contributed by atoms with van der Waals surface area (Å²) in [5.41, 5.74) is 0. The minimum atomic E-state index is -0.0770. The Labute approximate surface area is 104 Å². The fraction of sp³-hybridized carbons (Fsp3) is 0.500. The van der Waals surface area contributed by atoms with Crippen molar-refractivity contribution in [3.05, 3.63) is 21.3 Å². The summed E-state index contributed by atoms with van der Waals surface area (Å²) >= 11 is 12.9. The van der Waals surface area contributed by atoms with Gasteiger partial charge in [0.15, 0.2) is 0 Å². The van der Waals surface area contributed by atoms with E-state index in [9.17, 15) is 4.79 Å². The van der Waals surface area contributed by atoms with Gasteiger partial charge in [0.05, 0.1) is 9.21 Å². The molecule has 0 fully saturated rings. The van der Waals surface area contributed by atoms with Gasteiger partial charge in [-0.25, -0.2) is 0 Å². The fourth-order valence-corrected chi connectivity index (χ4v) is 2.14. The summed E-state index contributed by atoms with van der Waals surface area (Å²) in [6.07, 6.45) is 1.71. The SMILES string of the molecule is CCC(Cl)CCNC(=O)c1ccc(Cl)s1. The number of hydrogen-bond donors (Lipinski definition) is 1. The molecular formula is C10H13Cl2NOS. The van der Waals surface area contributed by atoms with Crippen LogP contribution >= 0.6 is 34.5 Å². The second kappa shape index (κ2) is 6.36. The number of carbonyl (C=O) groups excluding carboxylic acids is 1. The number of alkyl halides is 1. The van der Waals surface area contributed by atoms with Crippen molar-refractivity contribution in [2.24, 2.45) is 0 Å². The highest BCUT2D eigenvalue weighted by atomic mass is 35.5. The van der Waals surface area contributed by atoms with Crippen LogP contribution in [0.3, 0.4) is 0 Å². The monoisotopic (exact) mass is 265 g/mol. The summed E-state index contributed by atoms with van der Waals surface area (Å²) in [4.78, 5) is 12.2. The minimum absolute atomic E-state index is 0.0770. The van der Waals surface area contributed by atoms with E-state index in [2.05, 4.69) is 5.32 Å². The summed E-state index contributed by atoms with van der Waals surface area (Å²) in [7, 11) is 0. The van der Waals surface area contributed by atoms with Crippen LogP contribution in [0.25, 0.3) is 0 Å². The minimum Gasteiger partial charge on any atom is -0.351 e. The Hall–Kier alpha value is -0.250. The maximum atomic E-state index is 11.5. The van der Waals surface area contributed by atoms with Crippen molar-refractivity contribution in [3.63, 3.8) is 0 Å². The van der Waals surface area contributed by atoms with Gasteiger partial charge in [-0.1, -0.05) is 18.5 Å². The molecule has 1 unspecified atom stereocenters. The lowest BCUT2D eigenvalue weighted by Gasteiger charge is -2.06. The molecule has 1 atom stereocenters. The number of carbonyl (C=O) groups is 1. The maximum absolute atomic E-state index is 11.5. The summed E-state index contributed by atoms with van der Waals surface area (Å²) in [6.45, 7) is 2.63. The first-order valence-corrected chi connectivity index (χ1v) is 6.44. The van der Waals surface area contributed by atoms with Crippen LogP contribution in [0.15, 0.2) is 12.1 Å². The van der Waals surface area contributed by atoms with Crippen LogP contribution in [0, 0.1) is 0 Å². The Morgan fingerprint density at radius 3 is 2.87 bits per heavy atom. The summed E-state index contributed by atoms with van der Waals surface area (Å²) < 4.78 is 0.629. The molecule has 84 valence electrons. The van der Waals surface area contributed by atoms with Crippen molar-refractivity contribution in [2.75, 3.05) is 6.54 Å². The highest BCUT2D eigenvalue weighted by Crippen LogP contribution is 2.21. The first kappa shape index (κ1) is 12.8. The van der Waals surface area contributed by atoms with E-state index >= 15 is 0 Å². The normalized spacial score (nSPS) is 12.5. The van der Waals surface area contributed by atoms with E-state index in [1.807, 2.05) is 6.92 Å². The zero-order valence-corrected chi connectivity index (χ0v) is 10.8. The molecule has 1 amide bonds. The number of nitrogens with one attached hydrogen (secondary N) is 1. The molecule has 1 heterocycles. The van der Waals surface area contributed by atoms with Gasteiger partial charge < -0.3 is 5.32 Å². The van der Waals surface area contributed by atoms with Gasteiger partial charge in [-0.2, -0.15) is 0 Å². The van der Waals surface area contributed by atoms with Gasteiger partial charge in [0.2, 0.25) is 0 Å². The number of amides is 1. The second-order valence-corrected chi connectivity index (χ2v) is 5.49. The molecule has 0 spiro atoms. The van der Waals surface area contributed by atoms with Crippen molar-refractivity contribution in [3.8, 4) is 0 Å². The van der Waals surface area contributed by atoms with Crippen LogP contribution in [0.1, 0.15) is 29.4 Å². The second-order valence-electron chi connectivity index (χ2n) is 3.15. The zero-order chi connectivity index (χ0) is 11.3. The largest absolute Gasteiger partial charge is 0.351 e. The molecule has 0 aliphatic rings. The lowest BCUT2D eigenvalue weighted by atomic mass is 10.2. The standard InChI is InChI=1S/C10H13Cl2NOS/c1-2-7(11)5-6-13-10(14)8-3-4-9(12)15-8/h3-4,7H,2,5-6H2,1H3,(H,13,14). The molecule has 2 nitrogen and oxygen atoms in total. The topological polar surface area (TPSA) is 29.1 Å². The Bertz CT molecular complexity index is 327. The van der Waals surface area contributed by atoms with Crippen LogP contribution < -0.4 is 5.32 Å². The summed E-state index contributed by atoms with van der Waals surface area (Å²) in [5, 5.41) is 2.94. The molecule has 1 aromatic heterocycles. The summed E-state index contributed by atoms with van der Waals surface area (Å²) in [6, 6.07) is 3.44. The van der Waals surface area contributed by atoms with Crippen molar-refractivity contribution < 1.29 is 4.79 Å². The molecule has 5 heteroatoms. The quantitative estimate of drug-likeness (QED) is 0.811. The highest BCUT2D eigenvalue weighted by Gasteiger charge is 2.08. The number of rotatable bonds is 5. The lowest BCUT2D eigenvalue weighted by molar-refractivity contribution is 0.0957. The molecule has 0 aromatic carbocycles. The molecule has 0 aliphatic heterocycles. The summed E-state index contributed by atoms with van der Waals surface area (Å²) in [5.74, 6) is -0.0770. The molecular weight excluding hydrogens is 253 g/mol. The van der Waals surface area contributed by atoms with Crippen molar-refractivity contribution in [2.45, 2.75) is 25.1 Å². The third kappa shape index (κ3) is 4.41. The van der Waals surface area contributed by atoms with E-state index in [0.29, 0.717) is 15.8 Å². The molecule has 1 N–H and O–H groups in total. The first-order valence-electron chi connectivity index (χ1n) is 4.81. The average Bonchev–Trinajstić information content (AvgIpc) is 2.64. The van der Waals surface area contributed by atoms with Crippen LogP contribution in [0.5, 0.6) is 0 Å². The molecule has 0 bridgehead atoms. The first-order chi connectivity index (χ1) is 7.13. The van der Waals surface area contributed by atoms with Crippen LogP contribution in [-0.4, -0.2) is 17.8 Å². The van der Waals surface area contributed by atoms with Crippen molar-refractivity contribution in [1.29, 1.82) is 0 Å².